The number of ether oxygens (including phenoxy) is 1. The van der Waals surface area contributed by atoms with Gasteiger partial charge in [0.05, 0.1) is 29.6 Å². The summed E-state index contributed by atoms with van der Waals surface area (Å²) in [4.78, 5) is 16.0. The molecule has 2 fully saturated rings. The molecule has 42 heavy (non-hydrogen) atoms. The van der Waals surface area contributed by atoms with Crippen LogP contribution < -0.4 is 4.31 Å². The van der Waals surface area contributed by atoms with Crippen molar-refractivity contribution in [2.75, 3.05) is 10.8 Å². The maximum Gasteiger partial charge on any atom is 0.252 e. The third-order valence-electron chi connectivity index (χ3n) is 7.81. The molecule has 5 rings (SSSR count). The van der Waals surface area contributed by atoms with Gasteiger partial charge in [0.2, 0.25) is 10.0 Å². The molecule has 0 N–H and O–H groups in total. The number of amides is 1. The van der Waals surface area contributed by atoms with Crippen molar-refractivity contribution < 1.29 is 22.3 Å². The Balaban J connectivity index is 1.65. The van der Waals surface area contributed by atoms with Crippen LogP contribution in [-0.4, -0.2) is 43.2 Å². The van der Waals surface area contributed by atoms with E-state index in [2.05, 4.69) is 6.58 Å². The van der Waals surface area contributed by atoms with Gasteiger partial charge in [0, 0.05) is 16.5 Å². The fourth-order valence-corrected chi connectivity index (χ4v) is 7.78. The van der Waals surface area contributed by atoms with E-state index in [1.54, 1.807) is 41.3 Å². The van der Waals surface area contributed by atoms with Gasteiger partial charge in [0.25, 0.3) is 5.91 Å². The Labute approximate surface area is 256 Å². The van der Waals surface area contributed by atoms with Gasteiger partial charge >= 0.3 is 0 Å². The lowest BCUT2D eigenvalue weighted by atomic mass is 9.89. The second kappa shape index (κ2) is 12.8. The second-order valence-electron chi connectivity index (χ2n) is 10.7. The Kier molecular flexibility index (Phi) is 9.28. The second-order valence-corrected chi connectivity index (χ2v) is 13.7. The van der Waals surface area contributed by atoms with Crippen molar-refractivity contribution in [1.29, 1.82) is 0 Å². The zero-order valence-electron chi connectivity index (χ0n) is 23.2. The molecule has 0 radical (unpaired) electrons. The fourth-order valence-electron chi connectivity index (χ4n) is 5.56. The lowest BCUT2D eigenvalue weighted by molar-refractivity contribution is -0.178. The van der Waals surface area contributed by atoms with Gasteiger partial charge in [-0.15, -0.1) is 6.58 Å². The Hall–Kier alpha value is -2.91. The Bertz CT molecular complexity index is 1550. The molecule has 222 valence electrons. The van der Waals surface area contributed by atoms with E-state index in [1.165, 1.54) is 18.2 Å². The van der Waals surface area contributed by atoms with E-state index in [9.17, 15) is 13.2 Å². The molecule has 6 nitrogen and oxygen atoms in total. The highest BCUT2D eigenvalue weighted by molar-refractivity contribution is 7.93. The van der Waals surface area contributed by atoms with Gasteiger partial charge in [0.1, 0.15) is 18.0 Å². The average Bonchev–Trinajstić information content (AvgIpc) is 3.83. The summed E-state index contributed by atoms with van der Waals surface area (Å²) >= 11 is 12.6. The maximum atomic E-state index is 15.1. The van der Waals surface area contributed by atoms with E-state index in [-0.39, 0.29) is 24.6 Å². The number of anilines is 1. The van der Waals surface area contributed by atoms with E-state index >= 15 is 4.39 Å². The molecule has 3 aromatic carbocycles. The van der Waals surface area contributed by atoms with Gasteiger partial charge in [-0.3, -0.25) is 9.10 Å². The molecular formula is C32H33Cl2FN2O4S. The van der Waals surface area contributed by atoms with Crippen molar-refractivity contribution in [2.45, 2.75) is 62.1 Å². The molecule has 3 aromatic rings. The molecule has 1 aliphatic carbocycles. The lowest BCUT2D eigenvalue weighted by Gasteiger charge is -2.49. The van der Waals surface area contributed by atoms with Crippen LogP contribution >= 0.6 is 23.2 Å². The number of halogens is 3. The number of sulfonamides is 1. The zero-order chi connectivity index (χ0) is 30.0. The smallest absolute Gasteiger partial charge is 0.252 e. The first kappa shape index (κ1) is 30.5. The van der Waals surface area contributed by atoms with Gasteiger partial charge in [-0.25, -0.2) is 12.8 Å². The first-order chi connectivity index (χ1) is 20.1. The summed E-state index contributed by atoms with van der Waals surface area (Å²) in [5.41, 5.74) is 1.50. The zero-order valence-corrected chi connectivity index (χ0v) is 25.5. The Morgan fingerprint density at radius 2 is 1.76 bits per heavy atom. The SMILES string of the molecule is C=CCC1O[C@H](c2cccc(Cl)c2)C(c2ccc(Cl)cc2)N(C(CC)CN(c2ccccc2F)S(=O)(=O)C2CC2)C1=O. The maximum absolute atomic E-state index is 15.1. The molecule has 10 heteroatoms. The Morgan fingerprint density at radius 1 is 1.05 bits per heavy atom. The van der Waals surface area contributed by atoms with Crippen molar-refractivity contribution in [1.82, 2.24) is 4.90 Å². The normalized spacial score (nSPS) is 21.7. The highest BCUT2D eigenvalue weighted by Crippen LogP contribution is 2.45. The minimum absolute atomic E-state index is 0.0272. The first-order valence-corrected chi connectivity index (χ1v) is 16.3. The molecular weight excluding hydrogens is 598 g/mol. The number of rotatable bonds is 11. The summed E-state index contributed by atoms with van der Waals surface area (Å²) in [6.07, 6.45) is 1.84. The molecule has 0 bridgehead atoms. The number of hydrogen-bond acceptors (Lipinski definition) is 4. The van der Waals surface area contributed by atoms with Crippen molar-refractivity contribution in [3.05, 3.63) is 112 Å². The highest BCUT2D eigenvalue weighted by Gasteiger charge is 2.48. The van der Waals surface area contributed by atoms with E-state index in [4.69, 9.17) is 27.9 Å². The predicted molar refractivity (Wildman–Crippen MR) is 165 cm³/mol. The number of carbonyl (C=O) groups is 1. The molecule has 3 unspecified atom stereocenters. The van der Waals surface area contributed by atoms with Crippen molar-refractivity contribution >= 4 is 44.8 Å². The summed E-state index contributed by atoms with van der Waals surface area (Å²) in [5.74, 6) is -0.933. The third kappa shape index (κ3) is 6.23. The molecule has 1 amide bonds. The average molecular weight is 632 g/mol. The van der Waals surface area contributed by atoms with Gasteiger partial charge < -0.3 is 9.64 Å². The summed E-state index contributed by atoms with van der Waals surface area (Å²) in [6, 6.07) is 19.0. The van der Waals surface area contributed by atoms with Crippen molar-refractivity contribution in [3.63, 3.8) is 0 Å². The van der Waals surface area contributed by atoms with Crippen LogP contribution in [0, 0.1) is 5.82 Å². The number of para-hydroxylation sites is 1. The van der Waals surface area contributed by atoms with Gasteiger partial charge in [0.15, 0.2) is 0 Å². The van der Waals surface area contributed by atoms with Crippen LogP contribution in [0.4, 0.5) is 10.1 Å². The molecule has 4 atom stereocenters. The van der Waals surface area contributed by atoms with E-state index in [1.807, 2.05) is 31.2 Å². The van der Waals surface area contributed by atoms with Gasteiger partial charge in [-0.1, -0.05) is 72.6 Å². The van der Waals surface area contributed by atoms with Crippen LogP contribution in [0.15, 0.2) is 85.5 Å². The van der Waals surface area contributed by atoms with Crippen LogP contribution in [0.3, 0.4) is 0 Å². The minimum atomic E-state index is -3.87. The predicted octanol–water partition coefficient (Wildman–Crippen LogP) is 7.50. The quantitative estimate of drug-likeness (QED) is 0.206. The van der Waals surface area contributed by atoms with E-state index < -0.39 is 45.4 Å². The van der Waals surface area contributed by atoms with Gasteiger partial charge in [-0.05, 0) is 66.8 Å². The van der Waals surface area contributed by atoms with Crippen LogP contribution in [0.1, 0.15) is 55.9 Å². The first-order valence-electron chi connectivity index (χ1n) is 14.0. The molecule has 1 aliphatic heterocycles. The molecule has 1 heterocycles. The molecule has 0 spiro atoms. The van der Waals surface area contributed by atoms with Crippen LogP contribution in [0.25, 0.3) is 0 Å². The van der Waals surface area contributed by atoms with Crippen LogP contribution in [0.2, 0.25) is 10.0 Å². The summed E-state index contributed by atoms with van der Waals surface area (Å²) in [6.45, 7) is 5.60. The number of nitrogens with zero attached hydrogens (tertiary/aromatic N) is 2. The third-order valence-corrected chi connectivity index (χ3v) is 10.6. The summed E-state index contributed by atoms with van der Waals surface area (Å²) < 4.78 is 50.2. The standard InChI is InChI=1S/C32H33Cl2FN2O4S/c1-3-8-29-32(38)37(25(4-2)20-36(42(39,40)26-17-18-26)28-12-6-5-11-27(28)35)30(21-13-15-23(33)16-14-21)31(41-29)22-9-7-10-24(34)19-22/h3,5-7,9-16,19,25-26,29-31H,1,4,8,17-18,20H2,2H3/t25?,29?,30?,31-/m1/s1. The molecule has 1 saturated heterocycles. The van der Waals surface area contributed by atoms with E-state index in [0.717, 1.165) is 15.4 Å². The molecule has 2 aliphatic rings. The van der Waals surface area contributed by atoms with Crippen molar-refractivity contribution in [2.24, 2.45) is 0 Å². The lowest BCUT2D eigenvalue weighted by Crippen LogP contribution is -2.57. The largest absolute Gasteiger partial charge is 0.358 e. The van der Waals surface area contributed by atoms with Gasteiger partial charge in [-0.2, -0.15) is 0 Å². The number of benzene rings is 3. The number of hydrogen-bond donors (Lipinski definition) is 0. The van der Waals surface area contributed by atoms with Crippen LogP contribution in [-0.2, 0) is 19.6 Å². The Morgan fingerprint density at radius 3 is 2.38 bits per heavy atom. The summed E-state index contributed by atoms with van der Waals surface area (Å²) in [7, 11) is -3.87. The van der Waals surface area contributed by atoms with Crippen molar-refractivity contribution in [3.8, 4) is 0 Å². The van der Waals surface area contributed by atoms with E-state index in [0.29, 0.717) is 29.3 Å². The molecule has 1 saturated carbocycles. The van der Waals surface area contributed by atoms with Crippen LogP contribution in [0.5, 0.6) is 0 Å². The number of carbonyl (C=O) groups excluding carboxylic acids is 1. The topological polar surface area (TPSA) is 66.9 Å². The number of morpholine rings is 1. The fraction of sp³-hybridized carbons (Fsp3) is 0.344. The minimum Gasteiger partial charge on any atom is -0.358 e. The molecule has 0 aromatic heterocycles. The summed E-state index contributed by atoms with van der Waals surface area (Å²) in [5, 5.41) is 0.475. The monoisotopic (exact) mass is 630 g/mol. The highest BCUT2D eigenvalue weighted by atomic mass is 35.5.